The Kier molecular flexibility index (Phi) is 5.92. The fourth-order valence-electron chi connectivity index (χ4n) is 5.69. The molecule has 2 unspecified atom stereocenters. The Morgan fingerprint density at radius 1 is 1.10 bits per heavy atom. The highest BCUT2D eigenvalue weighted by Gasteiger charge is 2.50. The van der Waals surface area contributed by atoms with E-state index < -0.39 is 10.0 Å². The van der Waals surface area contributed by atoms with Crippen molar-refractivity contribution in [1.29, 1.82) is 0 Å². The van der Waals surface area contributed by atoms with E-state index in [4.69, 9.17) is 0 Å². The summed E-state index contributed by atoms with van der Waals surface area (Å²) in [4.78, 5) is 37.3. The maximum Gasteiger partial charge on any atom is 0.273 e. The number of fused-ring (bicyclic) bond motifs is 2. The number of H-pyrrole nitrogens is 1. The number of hydrogen-bond donors (Lipinski definition) is 1. The third-order valence-electron chi connectivity index (χ3n) is 7.92. The molecular weight excluding hydrogens is 555 g/mol. The Labute approximate surface area is 234 Å². The Morgan fingerprint density at radius 3 is 2.56 bits per heavy atom. The van der Waals surface area contributed by atoms with E-state index in [0.717, 1.165) is 39.3 Å². The number of hydrogen-bond acceptors (Lipinski definition) is 8. The van der Waals surface area contributed by atoms with Crippen LogP contribution in [0.1, 0.15) is 17.7 Å². The van der Waals surface area contributed by atoms with Gasteiger partial charge in [0.15, 0.2) is 0 Å². The van der Waals surface area contributed by atoms with Crippen molar-refractivity contribution >= 4 is 61.1 Å². The van der Waals surface area contributed by atoms with Gasteiger partial charge >= 0.3 is 0 Å². The first kappa shape index (κ1) is 24.9. The summed E-state index contributed by atoms with van der Waals surface area (Å²) in [6.45, 7) is 2.26. The maximum absolute atomic E-state index is 13.6. The monoisotopic (exact) mass is 581 g/mol. The number of nitrogens with zero attached hydrogens (tertiary/aromatic N) is 4. The molecule has 3 aromatic heterocycles. The van der Waals surface area contributed by atoms with Gasteiger partial charge in [0.1, 0.15) is 9.22 Å². The number of benzene rings is 1. The van der Waals surface area contributed by atoms with Gasteiger partial charge in [-0.3, -0.25) is 23.7 Å². The molecule has 39 heavy (non-hydrogen) atoms. The first-order chi connectivity index (χ1) is 18.8. The van der Waals surface area contributed by atoms with E-state index in [1.165, 1.54) is 16.2 Å². The first-order valence-electron chi connectivity index (χ1n) is 13.0. The number of rotatable bonds is 8. The number of para-hydroxylation sites is 1. The van der Waals surface area contributed by atoms with Crippen LogP contribution in [0.4, 0.5) is 5.69 Å². The minimum Gasteiger partial charge on any atom is -0.351 e. The number of thiophene rings is 1. The molecule has 2 aliphatic heterocycles. The van der Waals surface area contributed by atoms with E-state index in [9.17, 15) is 18.0 Å². The van der Waals surface area contributed by atoms with Gasteiger partial charge in [0.25, 0.3) is 10.0 Å². The van der Waals surface area contributed by atoms with E-state index in [-0.39, 0.29) is 23.7 Å². The lowest BCUT2D eigenvalue weighted by molar-refractivity contribution is -0.138. The standard InChI is InChI=1S/C27H27N5O4S3/c1-30-26(33)19-14-31(15-20(19)27(30)34)13-18-11-28-25(38-18)21-10-17-4-2-5-22(24(17)29-21)32(12-16-7-8-16)39(35,36)23-6-3-9-37-23/h2-6,9-11,16,19-20,29H,7-8,12-15H2,1H3. The summed E-state index contributed by atoms with van der Waals surface area (Å²) in [7, 11) is -2.11. The molecule has 1 aliphatic carbocycles. The Balaban J connectivity index is 1.16. The number of likely N-dealkylation sites (tertiary alicyclic amines) is 2. The van der Waals surface area contributed by atoms with Crippen molar-refractivity contribution in [2.24, 2.45) is 17.8 Å². The Bertz CT molecular complexity index is 1660. The van der Waals surface area contributed by atoms with Gasteiger partial charge in [-0.15, -0.1) is 22.7 Å². The molecule has 3 fully saturated rings. The molecule has 9 nitrogen and oxygen atoms in total. The van der Waals surface area contributed by atoms with Crippen LogP contribution in [0.2, 0.25) is 0 Å². The van der Waals surface area contributed by atoms with Crippen LogP contribution >= 0.6 is 22.7 Å². The summed E-state index contributed by atoms with van der Waals surface area (Å²) in [6, 6.07) is 11.2. The van der Waals surface area contributed by atoms with Crippen molar-refractivity contribution < 1.29 is 18.0 Å². The molecule has 1 saturated carbocycles. The minimum absolute atomic E-state index is 0.0804. The second kappa shape index (κ2) is 9.26. The molecule has 0 bridgehead atoms. The lowest BCUT2D eigenvalue weighted by Crippen LogP contribution is -2.32. The highest BCUT2D eigenvalue weighted by Crippen LogP contribution is 2.39. The molecule has 5 heterocycles. The van der Waals surface area contributed by atoms with Crippen LogP contribution in [0.25, 0.3) is 21.6 Å². The summed E-state index contributed by atoms with van der Waals surface area (Å²) < 4.78 is 29.2. The van der Waals surface area contributed by atoms with Crippen LogP contribution in [0.15, 0.2) is 52.2 Å². The van der Waals surface area contributed by atoms with E-state index in [0.29, 0.717) is 42.0 Å². The predicted molar refractivity (Wildman–Crippen MR) is 151 cm³/mol. The van der Waals surface area contributed by atoms with Crippen molar-refractivity contribution in [3.8, 4) is 10.7 Å². The fraction of sp³-hybridized carbons (Fsp3) is 0.370. The summed E-state index contributed by atoms with van der Waals surface area (Å²) in [5.41, 5.74) is 2.26. The molecule has 0 radical (unpaired) electrons. The first-order valence-corrected chi connectivity index (χ1v) is 16.1. The number of amides is 2. The topological polar surface area (TPSA) is 107 Å². The van der Waals surface area contributed by atoms with Crippen LogP contribution in [0.3, 0.4) is 0 Å². The largest absolute Gasteiger partial charge is 0.351 e. The molecule has 7 rings (SSSR count). The van der Waals surface area contributed by atoms with Gasteiger partial charge in [-0.25, -0.2) is 13.4 Å². The van der Waals surface area contributed by atoms with Crippen LogP contribution in [-0.2, 0) is 26.2 Å². The van der Waals surface area contributed by atoms with Gasteiger partial charge in [0.05, 0.1) is 28.7 Å². The lowest BCUT2D eigenvalue weighted by Gasteiger charge is -2.24. The van der Waals surface area contributed by atoms with Crippen LogP contribution in [0.5, 0.6) is 0 Å². The van der Waals surface area contributed by atoms with Crippen LogP contribution in [0, 0.1) is 17.8 Å². The molecule has 1 aromatic carbocycles. The molecule has 2 atom stereocenters. The van der Waals surface area contributed by atoms with Gasteiger partial charge in [0.2, 0.25) is 11.8 Å². The average Bonchev–Trinajstić information content (AvgIpc) is 3.44. The van der Waals surface area contributed by atoms with Gasteiger partial charge in [0, 0.05) is 49.7 Å². The zero-order chi connectivity index (χ0) is 26.9. The number of nitrogens with one attached hydrogen (secondary N) is 1. The third kappa shape index (κ3) is 4.30. The molecule has 3 aliphatic rings. The quantitative estimate of drug-likeness (QED) is 0.315. The molecule has 2 amide bonds. The van der Waals surface area contributed by atoms with Gasteiger partial charge in [-0.05, 0) is 42.3 Å². The number of sulfonamides is 1. The number of anilines is 1. The highest BCUT2D eigenvalue weighted by molar-refractivity contribution is 7.94. The van der Waals surface area contributed by atoms with E-state index in [2.05, 4.69) is 14.9 Å². The van der Waals surface area contributed by atoms with Crippen LogP contribution < -0.4 is 4.31 Å². The van der Waals surface area contributed by atoms with Gasteiger partial charge in [-0.2, -0.15) is 0 Å². The molecule has 2 saturated heterocycles. The summed E-state index contributed by atoms with van der Waals surface area (Å²) >= 11 is 2.80. The predicted octanol–water partition coefficient (Wildman–Crippen LogP) is 4.00. The van der Waals surface area contributed by atoms with Gasteiger partial charge < -0.3 is 4.98 Å². The van der Waals surface area contributed by atoms with E-state index in [1.807, 2.05) is 30.5 Å². The third-order valence-corrected chi connectivity index (χ3v) is 12.1. The number of thiazole rings is 1. The molecule has 12 heteroatoms. The van der Waals surface area contributed by atoms with E-state index in [1.54, 1.807) is 40.2 Å². The van der Waals surface area contributed by atoms with Crippen molar-refractivity contribution in [2.75, 3.05) is 31.0 Å². The number of carbonyl (C=O) groups excluding carboxylic acids is 2. The smallest absolute Gasteiger partial charge is 0.273 e. The molecule has 202 valence electrons. The highest BCUT2D eigenvalue weighted by atomic mass is 32.2. The maximum atomic E-state index is 13.6. The van der Waals surface area contributed by atoms with Crippen molar-refractivity contribution in [2.45, 2.75) is 23.6 Å². The molecule has 1 N–H and O–H groups in total. The second-order valence-electron chi connectivity index (χ2n) is 10.6. The van der Waals surface area contributed by atoms with Crippen molar-refractivity contribution in [3.63, 3.8) is 0 Å². The number of carbonyl (C=O) groups is 2. The average molecular weight is 582 g/mol. The number of aromatic nitrogens is 2. The molecular formula is C27H27N5O4S3. The van der Waals surface area contributed by atoms with Crippen LogP contribution in [-0.4, -0.2) is 66.7 Å². The fourth-order valence-corrected chi connectivity index (χ4v) is 9.27. The Hall–Kier alpha value is -3.06. The number of imide groups is 1. The summed E-state index contributed by atoms with van der Waals surface area (Å²) in [5, 5.41) is 3.53. The minimum atomic E-state index is -3.68. The van der Waals surface area contributed by atoms with Crippen molar-refractivity contribution in [3.05, 3.63) is 52.9 Å². The Morgan fingerprint density at radius 2 is 1.87 bits per heavy atom. The molecule has 4 aromatic rings. The SMILES string of the molecule is CN1C(=O)C2CN(Cc3cnc(-c4cc5cccc(N(CC6CC6)S(=O)(=O)c6cccs6)c5[nH]4)s3)CC2C1=O. The van der Waals surface area contributed by atoms with Crippen molar-refractivity contribution in [1.82, 2.24) is 19.8 Å². The number of aromatic amines is 1. The zero-order valence-electron chi connectivity index (χ0n) is 21.2. The van der Waals surface area contributed by atoms with Gasteiger partial charge in [-0.1, -0.05) is 18.2 Å². The lowest BCUT2D eigenvalue weighted by atomic mass is 10.00. The normalized spacial score (nSPS) is 21.8. The van der Waals surface area contributed by atoms with E-state index >= 15 is 0 Å². The zero-order valence-corrected chi connectivity index (χ0v) is 23.7. The molecule has 0 spiro atoms. The second-order valence-corrected chi connectivity index (χ2v) is 14.8. The summed E-state index contributed by atoms with van der Waals surface area (Å²) in [5.74, 6) is -0.273. The summed E-state index contributed by atoms with van der Waals surface area (Å²) in [6.07, 6.45) is 3.93.